The van der Waals surface area contributed by atoms with E-state index in [-0.39, 0.29) is 22.2 Å². The number of hydrogen-bond acceptors (Lipinski definition) is 8. The molecule has 0 unspecified atom stereocenters. The third-order valence-electron chi connectivity index (χ3n) is 5.42. The van der Waals surface area contributed by atoms with Gasteiger partial charge in [-0.25, -0.2) is 8.42 Å². The Morgan fingerprint density at radius 1 is 1.03 bits per heavy atom. The van der Waals surface area contributed by atoms with Gasteiger partial charge in [-0.05, 0) is 35.9 Å². The molecule has 33 heavy (non-hydrogen) atoms. The lowest BCUT2D eigenvalue weighted by molar-refractivity contribution is 0.373. The fourth-order valence-corrected chi connectivity index (χ4v) is 4.94. The molecule has 2 aromatic carbocycles. The molecule has 0 fully saturated rings. The highest BCUT2D eigenvalue weighted by Gasteiger charge is 2.30. The molecule has 4 rings (SSSR count). The van der Waals surface area contributed by atoms with E-state index >= 15 is 0 Å². The second-order valence-electron chi connectivity index (χ2n) is 7.69. The summed E-state index contributed by atoms with van der Waals surface area (Å²) >= 11 is 0. The number of methoxy groups -OCH3 is 3. The fourth-order valence-electron chi connectivity index (χ4n) is 3.61. The summed E-state index contributed by atoms with van der Waals surface area (Å²) in [5.41, 5.74) is 1.20. The highest BCUT2D eigenvalue weighted by atomic mass is 32.2. The van der Waals surface area contributed by atoms with Crippen molar-refractivity contribution in [1.29, 1.82) is 0 Å². The zero-order valence-corrected chi connectivity index (χ0v) is 19.6. The molecular weight excluding hydrogens is 446 g/mol. The molecule has 4 aromatic rings. The molecule has 0 spiro atoms. The molecule has 170 valence electrons. The van der Waals surface area contributed by atoms with Crippen molar-refractivity contribution >= 4 is 42.5 Å². The van der Waals surface area contributed by atoms with Crippen LogP contribution in [0.25, 0.3) is 11.0 Å². The van der Waals surface area contributed by atoms with Crippen LogP contribution >= 0.6 is 0 Å². The van der Waals surface area contributed by atoms with E-state index in [0.29, 0.717) is 16.7 Å². The highest BCUT2D eigenvalue weighted by molar-refractivity contribution is 7.93. The number of sulfonamides is 1. The van der Waals surface area contributed by atoms with Crippen molar-refractivity contribution in [3.05, 3.63) is 54.4 Å². The van der Waals surface area contributed by atoms with E-state index in [1.165, 1.54) is 33.5 Å². The molecule has 2 aromatic heterocycles. The maximum atomic E-state index is 13.3. The van der Waals surface area contributed by atoms with Gasteiger partial charge in [0.2, 0.25) is 0 Å². The lowest BCUT2D eigenvalue weighted by Crippen LogP contribution is -2.36. The van der Waals surface area contributed by atoms with Gasteiger partial charge in [0.1, 0.15) is 38.3 Å². The molecule has 0 saturated heterocycles. The maximum absolute atomic E-state index is 13.3. The number of nitrogens with zero attached hydrogens (tertiary/aromatic N) is 3. The molecule has 0 bridgehead atoms. The van der Waals surface area contributed by atoms with Crippen molar-refractivity contribution in [2.45, 2.75) is 10.2 Å². The Morgan fingerprint density at radius 3 is 2.27 bits per heavy atom. The summed E-state index contributed by atoms with van der Waals surface area (Å²) < 4.78 is 52.4. The van der Waals surface area contributed by atoms with E-state index in [0.717, 1.165) is 5.56 Å². The van der Waals surface area contributed by atoms with Crippen molar-refractivity contribution in [3.8, 4) is 17.2 Å². The largest absolute Gasteiger partial charge is 0.496 e. The normalized spacial score (nSPS) is 12.0. The van der Waals surface area contributed by atoms with Crippen molar-refractivity contribution in [3.63, 3.8) is 0 Å². The van der Waals surface area contributed by atoms with Crippen LogP contribution in [0.2, 0.25) is 0 Å². The summed E-state index contributed by atoms with van der Waals surface area (Å²) in [5, 5.41) is 8.15. The van der Waals surface area contributed by atoms with Gasteiger partial charge >= 0.3 is 0 Å². The molecule has 2 heterocycles. The number of ether oxygens (including phenoxy) is 3. The topological polar surface area (TPSA) is 118 Å². The number of fused-ring (bicyclic) bond motifs is 1. The van der Waals surface area contributed by atoms with E-state index in [4.69, 9.17) is 18.7 Å². The second kappa shape index (κ2) is 8.39. The van der Waals surface area contributed by atoms with Crippen LogP contribution in [0.5, 0.6) is 17.2 Å². The molecule has 1 N–H and O–H groups in total. The van der Waals surface area contributed by atoms with Gasteiger partial charge in [-0.15, -0.1) is 0 Å². The Balaban J connectivity index is 1.81. The smallest absolute Gasteiger partial charge is 0.270 e. The lowest BCUT2D eigenvalue weighted by atomic mass is 9.58. The monoisotopic (exact) mass is 468 g/mol. The molecular formula is C20H22B2N4O6S. The quantitative estimate of drug-likeness (QED) is 0.377. The van der Waals surface area contributed by atoms with Crippen LogP contribution in [0.15, 0.2) is 58.2 Å². The first-order chi connectivity index (χ1) is 15.7. The number of hydrogen-bond donors (Lipinski definition) is 1. The molecule has 10 nitrogen and oxygen atoms in total. The van der Waals surface area contributed by atoms with Crippen LogP contribution in [0.1, 0.15) is 5.56 Å². The summed E-state index contributed by atoms with van der Waals surface area (Å²) in [6.45, 7) is 0. The standard InChI is InChI=1S/C20H22B2N4O6S/c1-29-13-6-4-7-14(30-2)18(13)33(27,28)25-19-17-15(31-3)10-12(11-16(17)32-24-19)20(21,22)26-9-5-8-23-26/h4-11H,21-22H2,1-3H3,(H,24,25). The van der Waals surface area contributed by atoms with E-state index < -0.39 is 15.4 Å². The Bertz CT molecular complexity index is 1380. The summed E-state index contributed by atoms with van der Waals surface area (Å²) in [6.07, 6.45) is 3.56. The predicted molar refractivity (Wildman–Crippen MR) is 127 cm³/mol. The summed E-state index contributed by atoms with van der Waals surface area (Å²) in [4.78, 5) is -0.151. The predicted octanol–water partition coefficient (Wildman–Crippen LogP) is 0.776. The van der Waals surface area contributed by atoms with Crippen LogP contribution in [0.3, 0.4) is 0 Å². The lowest BCUT2D eigenvalue weighted by Gasteiger charge is -2.26. The first-order valence-electron chi connectivity index (χ1n) is 9.94. The van der Waals surface area contributed by atoms with Crippen LogP contribution in [0.4, 0.5) is 5.82 Å². The highest BCUT2D eigenvalue weighted by Crippen LogP contribution is 2.39. The zero-order valence-electron chi connectivity index (χ0n) is 18.8. The second-order valence-corrected chi connectivity index (χ2v) is 9.31. The van der Waals surface area contributed by atoms with E-state index in [9.17, 15) is 8.42 Å². The van der Waals surface area contributed by atoms with Crippen LogP contribution < -0.4 is 18.9 Å². The Kier molecular flexibility index (Phi) is 5.75. The molecule has 0 amide bonds. The van der Waals surface area contributed by atoms with Gasteiger partial charge in [0.05, 0.1) is 21.3 Å². The fraction of sp³-hybridized carbons (Fsp3) is 0.200. The number of nitrogens with one attached hydrogen (secondary N) is 1. The molecule has 0 saturated carbocycles. The molecule has 0 aliphatic carbocycles. The molecule has 0 aliphatic rings. The summed E-state index contributed by atoms with van der Waals surface area (Å²) in [5.74, 6) is 0.640. The van der Waals surface area contributed by atoms with Crippen molar-refractivity contribution in [2.24, 2.45) is 0 Å². The van der Waals surface area contributed by atoms with Gasteiger partial charge in [0.15, 0.2) is 16.3 Å². The van der Waals surface area contributed by atoms with Gasteiger partial charge in [0, 0.05) is 17.7 Å². The summed E-state index contributed by atoms with van der Waals surface area (Å²) in [6, 6.07) is 10.1. The molecule has 0 aliphatic heterocycles. The molecule has 0 atom stereocenters. The van der Waals surface area contributed by atoms with Gasteiger partial charge in [0.25, 0.3) is 10.0 Å². The van der Waals surface area contributed by atoms with Gasteiger partial charge in [-0.3, -0.25) is 9.40 Å². The number of aromatic nitrogens is 3. The summed E-state index contributed by atoms with van der Waals surface area (Å²) in [7, 11) is 4.09. The Morgan fingerprint density at radius 2 is 1.70 bits per heavy atom. The van der Waals surface area contributed by atoms with E-state index in [1.54, 1.807) is 18.3 Å². The van der Waals surface area contributed by atoms with Crippen molar-refractivity contribution in [1.82, 2.24) is 14.9 Å². The number of rotatable bonds is 8. The van der Waals surface area contributed by atoms with Crippen molar-refractivity contribution < 1.29 is 27.2 Å². The van der Waals surface area contributed by atoms with Crippen LogP contribution in [-0.4, -0.2) is 60.4 Å². The first-order valence-corrected chi connectivity index (χ1v) is 11.4. The van der Waals surface area contributed by atoms with Crippen LogP contribution in [0, 0.1) is 0 Å². The zero-order chi connectivity index (χ0) is 23.8. The minimum atomic E-state index is -4.15. The third-order valence-corrected chi connectivity index (χ3v) is 6.83. The van der Waals surface area contributed by atoms with Gasteiger partial charge < -0.3 is 18.7 Å². The van der Waals surface area contributed by atoms with Gasteiger partial charge in [-0.2, -0.15) is 5.10 Å². The van der Waals surface area contributed by atoms with E-state index in [2.05, 4.69) is 15.0 Å². The minimum absolute atomic E-state index is 0.0155. The maximum Gasteiger partial charge on any atom is 0.270 e. The van der Waals surface area contributed by atoms with Crippen molar-refractivity contribution in [2.75, 3.05) is 26.1 Å². The average Bonchev–Trinajstić information content (AvgIpc) is 3.48. The Hall–Kier alpha value is -3.60. The third kappa shape index (κ3) is 3.88. The Labute approximate surface area is 192 Å². The van der Waals surface area contributed by atoms with Crippen LogP contribution in [-0.2, 0) is 15.4 Å². The van der Waals surface area contributed by atoms with E-state index in [1.807, 2.05) is 38.7 Å². The molecule has 13 heteroatoms. The SMILES string of the molecule is BC(B)(c1cc(OC)c2c(NS(=O)(=O)c3c(OC)cccc3OC)noc2c1)n1cccn1. The molecule has 0 radical (unpaired) electrons. The minimum Gasteiger partial charge on any atom is -0.496 e. The number of benzene rings is 2. The van der Waals surface area contributed by atoms with Gasteiger partial charge in [-0.1, -0.05) is 11.2 Å². The average molecular weight is 468 g/mol. The first kappa shape index (κ1) is 22.6. The number of anilines is 1.